The van der Waals surface area contributed by atoms with Crippen molar-refractivity contribution < 1.29 is 8.78 Å². The van der Waals surface area contributed by atoms with Gasteiger partial charge in [-0.2, -0.15) is 5.10 Å². The standard InChI is InChI=1S/C21H28F2N6/c1-14(2)9-15-10-18(23)20(21(24)27-25)19(11-15)29-7-5-28(6-8-29)13-17-4-3-16(22)12-26-17/h3-4,10-12,14H,5-9,13,25H2,1-2H3,(H2,24,27). The van der Waals surface area contributed by atoms with Crippen LogP contribution < -0.4 is 16.5 Å². The Labute approximate surface area is 170 Å². The minimum absolute atomic E-state index is 0.00783. The maximum atomic E-state index is 14.9. The lowest BCUT2D eigenvalue weighted by Crippen LogP contribution is -2.46. The van der Waals surface area contributed by atoms with Crippen LogP contribution in [0.25, 0.3) is 0 Å². The summed E-state index contributed by atoms with van der Waals surface area (Å²) in [5, 5.41) is 3.52. The smallest absolute Gasteiger partial charge is 0.155 e. The van der Waals surface area contributed by atoms with Crippen molar-refractivity contribution in [1.82, 2.24) is 9.88 Å². The first-order valence-electron chi connectivity index (χ1n) is 9.81. The van der Waals surface area contributed by atoms with Gasteiger partial charge >= 0.3 is 0 Å². The highest BCUT2D eigenvalue weighted by atomic mass is 19.1. The minimum atomic E-state index is -0.400. The van der Waals surface area contributed by atoms with Crippen LogP contribution in [0.5, 0.6) is 0 Å². The van der Waals surface area contributed by atoms with E-state index in [1.807, 2.05) is 6.07 Å². The Morgan fingerprint density at radius 1 is 1.17 bits per heavy atom. The Hall–Kier alpha value is -2.74. The van der Waals surface area contributed by atoms with Gasteiger partial charge in [0, 0.05) is 32.7 Å². The molecule has 8 heteroatoms. The van der Waals surface area contributed by atoms with Crippen molar-refractivity contribution in [2.24, 2.45) is 22.6 Å². The molecule has 1 aromatic heterocycles. The second kappa shape index (κ2) is 9.17. The first-order chi connectivity index (χ1) is 13.9. The number of benzene rings is 1. The summed E-state index contributed by atoms with van der Waals surface area (Å²) in [6.07, 6.45) is 2.01. The molecule has 2 aromatic rings. The van der Waals surface area contributed by atoms with Crippen molar-refractivity contribution in [1.29, 1.82) is 0 Å². The summed E-state index contributed by atoms with van der Waals surface area (Å²) < 4.78 is 27.9. The molecule has 0 spiro atoms. The van der Waals surface area contributed by atoms with Crippen LogP contribution in [0.3, 0.4) is 0 Å². The van der Waals surface area contributed by atoms with Crippen molar-refractivity contribution in [3.63, 3.8) is 0 Å². The fraction of sp³-hybridized carbons (Fsp3) is 0.429. The molecule has 0 radical (unpaired) electrons. The molecule has 0 unspecified atom stereocenters. The summed E-state index contributed by atoms with van der Waals surface area (Å²) in [6, 6.07) is 6.63. The molecule has 0 bridgehead atoms. The largest absolute Gasteiger partial charge is 0.382 e. The van der Waals surface area contributed by atoms with E-state index >= 15 is 0 Å². The number of halogens is 2. The van der Waals surface area contributed by atoms with Gasteiger partial charge in [0.1, 0.15) is 11.6 Å². The van der Waals surface area contributed by atoms with E-state index in [0.717, 1.165) is 36.5 Å². The van der Waals surface area contributed by atoms with E-state index in [4.69, 9.17) is 11.6 Å². The Balaban J connectivity index is 1.77. The van der Waals surface area contributed by atoms with Crippen molar-refractivity contribution in [2.75, 3.05) is 31.1 Å². The number of aromatic nitrogens is 1. The summed E-state index contributed by atoms with van der Waals surface area (Å²) in [7, 11) is 0. The number of pyridine rings is 1. The SMILES string of the molecule is CC(C)Cc1cc(F)c(/C(N)=N/N)c(N2CCN(Cc3ccc(F)cn3)CC2)c1. The summed E-state index contributed by atoms with van der Waals surface area (Å²) in [4.78, 5) is 8.48. The minimum Gasteiger partial charge on any atom is -0.382 e. The van der Waals surface area contributed by atoms with E-state index in [-0.39, 0.29) is 17.2 Å². The molecule has 0 aliphatic carbocycles. The Morgan fingerprint density at radius 2 is 1.90 bits per heavy atom. The number of piperazine rings is 1. The topological polar surface area (TPSA) is 83.8 Å². The molecule has 1 aliphatic rings. The van der Waals surface area contributed by atoms with Crippen LogP contribution in [-0.4, -0.2) is 41.9 Å². The average molecular weight is 402 g/mol. The van der Waals surface area contributed by atoms with Crippen molar-refractivity contribution in [2.45, 2.75) is 26.8 Å². The van der Waals surface area contributed by atoms with Crippen LogP contribution in [0, 0.1) is 17.6 Å². The third-order valence-electron chi connectivity index (χ3n) is 5.06. The van der Waals surface area contributed by atoms with Gasteiger partial charge in [-0.05, 0) is 42.2 Å². The predicted molar refractivity (Wildman–Crippen MR) is 112 cm³/mol. The van der Waals surface area contributed by atoms with Gasteiger partial charge in [0.15, 0.2) is 5.84 Å². The fourth-order valence-electron chi connectivity index (χ4n) is 3.68. The normalized spacial score (nSPS) is 15.9. The highest BCUT2D eigenvalue weighted by Gasteiger charge is 2.24. The molecular formula is C21H28F2N6. The zero-order valence-electron chi connectivity index (χ0n) is 16.9. The van der Waals surface area contributed by atoms with E-state index in [9.17, 15) is 8.78 Å². The fourth-order valence-corrected chi connectivity index (χ4v) is 3.68. The van der Waals surface area contributed by atoms with E-state index in [1.54, 1.807) is 6.07 Å². The number of anilines is 1. The molecule has 1 aromatic carbocycles. The average Bonchev–Trinajstić information content (AvgIpc) is 2.69. The summed E-state index contributed by atoms with van der Waals surface area (Å²) in [5.74, 6) is 5.01. The van der Waals surface area contributed by atoms with Gasteiger partial charge in [-0.3, -0.25) is 9.88 Å². The number of nitrogens with two attached hydrogens (primary N) is 2. The molecule has 3 rings (SSSR count). The molecule has 29 heavy (non-hydrogen) atoms. The summed E-state index contributed by atoms with van der Waals surface area (Å²) in [6.45, 7) is 7.80. The Morgan fingerprint density at radius 3 is 2.48 bits per heavy atom. The molecular weight excluding hydrogens is 374 g/mol. The van der Waals surface area contributed by atoms with E-state index in [1.165, 1.54) is 18.3 Å². The van der Waals surface area contributed by atoms with Gasteiger partial charge in [0.2, 0.25) is 0 Å². The molecule has 4 N–H and O–H groups in total. The van der Waals surface area contributed by atoms with Gasteiger partial charge in [-0.15, -0.1) is 0 Å². The highest BCUT2D eigenvalue weighted by molar-refractivity contribution is 6.02. The van der Waals surface area contributed by atoms with Crippen LogP contribution in [0.4, 0.5) is 14.5 Å². The second-order valence-electron chi connectivity index (χ2n) is 7.82. The highest BCUT2D eigenvalue weighted by Crippen LogP contribution is 2.28. The van der Waals surface area contributed by atoms with E-state index < -0.39 is 5.82 Å². The van der Waals surface area contributed by atoms with Crippen LogP contribution in [0.1, 0.15) is 30.7 Å². The first-order valence-corrected chi connectivity index (χ1v) is 9.81. The molecule has 156 valence electrons. The van der Waals surface area contributed by atoms with Gasteiger partial charge < -0.3 is 16.5 Å². The maximum absolute atomic E-state index is 14.9. The van der Waals surface area contributed by atoms with Crippen LogP contribution in [-0.2, 0) is 13.0 Å². The molecule has 1 saturated heterocycles. The third-order valence-corrected chi connectivity index (χ3v) is 5.06. The van der Waals surface area contributed by atoms with Crippen molar-refractivity contribution in [3.8, 4) is 0 Å². The molecule has 0 amide bonds. The lowest BCUT2D eigenvalue weighted by Gasteiger charge is -2.37. The lowest BCUT2D eigenvalue weighted by atomic mass is 9.98. The number of hydrazone groups is 1. The zero-order chi connectivity index (χ0) is 21.0. The zero-order valence-corrected chi connectivity index (χ0v) is 16.9. The summed E-state index contributed by atoms with van der Waals surface area (Å²) in [5.41, 5.74) is 8.64. The number of hydrogen-bond donors (Lipinski definition) is 2. The van der Waals surface area contributed by atoms with Crippen LogP contribution in [0.15, 0.2) is 35.6 Å². The number of rotatable bonds is 6. The van der Waals surface area contributed by atoms with Gasteiger partial charge in [0.25, 0.3) is 0 Å². The number of amidine groups is 1. The monoisotopic (exact) mass is 402 g/mol. The molecule has 1 fully saturated rings. The first kappa shape index (κ1) is 21.0. The molecule has 0 saturated carbocycles. The Bertz CT molecular complexity index is 858. The van der Waals surface area contributed by atoms with Crippen molar-refractivity contribution in [3.05, 3.63) is 58.9 Å². The van der Waals surface area contributed by atoms with E-state index in [0.29, 0.717) is 25.6 Å². The molecule has 6 nitrogen and oxygen atoms in total. The number of hydrogen-bond acceptors (Lipinski definition) is 5. The van der Waals surface area contributed by atoms with Crippen LogP contribution >= 0.6 is 0 Å². The maximum Gasteiger partial charge on any atom is 0.155 e. The summed E-state index contributed by atoms with van der Waals surface area (Å²) >= 11 is 0. The Kier molecular flexibility index (Phi) is 6.64. The number of nitrogens with zero attached hydrogens (tertiary/aromatic N) is 4. The van der Waals surface area contributed by atoms with Crippen molar-refractivity contribution >= 4 is 11.5 Å². The quantitative estimate of drug-likeness (QED) is 0.336. The van der Waals surface area contributed by atoms with Gasteiger partial charge in [-0.1, -0.05) is 13.8 Å². The third kappa shape index (κ3) is 5.20. The van der Waals surface area contributed by atoms with Gasteiger partial charge in [-0.25, -0.2) is 8.78 Å². The lowest BCUT2D eigenvalue weighted by molar-refractivity contribution is 0.247. The van der Waals surface area contributed by atoms with Gasteiger partial charge in [0.05, 0.1) is 23.1 Å². The predicted octanol–water partition coefficient (Wildman–Crippen LogP) is 2.46. The van der Waals surface area contributed by atoms with Crippen LogP contribution in [0.2, 0.25) is 0 Å². The molecule has 2 heterocycles. The molecule has 0 atom stereocenters. The van der Waals surface area contributed by atoms with E-state index in [2.05, 4.69) is 33.7 Å². The second-order valence-corrected chi connectivity index (χ2v) is 7.82. The molecule has 1 aliphatic heterocycles.